The maximum Gasteiger partial charge on any atom is 0.243 e. The van der Waals surface area contributed by atoms with Gasteiger partial charge in [-0.3, -0.25) is 0 Å². The predicted octanol–water partition coefficient (Wildman–Crippen LogP) is 1.54. The average molecular weight is 282 g/mol. The van der Waals surface area contributed by atoms with Gasteiger partial charge < -0.3 is 10.8 Å². The first kappa shape index (κ1) is 12.7. The van der Waals surface area contributed by atoms with E-state index in [0.29, 0.717) is 12.5 Å². The third-order valence-electron chi connectivity index (χ3n) is 3.69. The maximum absolute atomic E-state index is 12.6. The zero-order valence-corrected chi connectivity index (χ0v) is 11.4. The minimum absolute atomic E-state index is 0.0842. The van der Waals surface area contributed by atoms with Crippen LogP contribution in [0, 0.1) is 5.92 Å². The van der Waals surface area contributed by atoms with Crippen LogP contribution in [-0.4, -0.2) is 30.4 Å². The van der Waals surface area contributed by atoms with E-state index in [1.807, 2.05) is 0 Å². The minimum Gasteiger partial charge on any atom is -0.506 e. The number of aromatic hydroxyl groups is 1. The number of nitrogen functional groups attached to an aromatic ring is 1. The molecule has 0 amide bonds. The normalized spacial score (nSPS) is 19.8. The highest BCUT2D eigenvalue weighted by molar-refractivity contribution is 7.89. The highest BCUT2D eigenvalue weighted by atomic mass is 32.2. The highest BCUT2D eigenvalue weighted by Crippen LogP contribution is 2.38. The van der Waals surface area contributed by atoms with Gasteiger partial charge in [0.1, 0.15) is 5.75 Å². The van der Waals surface area contributed by atoms with Crippen LogP contribution in [0.5, 0.6) is 5.75 Å². The zero-order chi connectivity index (χ0) is 13.6. The van der Waals surface area contributed by atoms with Crippen molar-refractivity contribution in [3.05, 3.63) is 18.2 Å². The molecule has 0 unspecified atom stereocenters. The molecule has 0 radical (unpaired) electrons. The van der Waals surface area contributed by atoms with Gasteiger partial charge in [-0.2, -0.15) is 4.31 Å². The molecule has 19 heavy (non-hydrogen) atoms. The number of nitrogens with zero attached hydrogens (tertiary/aromatic N) is 1. The molecule has 6 heteroatoms. The summed E-state index contributed by atoms with van der Waals surface area (Å²) in [5.41, 5.74) is 5.69. The average Bonchev–Trinajstić information content (AvgIpc) is 3.23. The highest BCUT2D eigenvalue weighted by Gasteiger charge is 2.41. The van der Waals surface area contributed by atoms with Crippen molar-refractivity contribution in [1.29, 1.82) is 0 Å². The molecule has 104 valence electrons. The summed E-state index contributed by atoms with van der Waals surface area (Å²) in [7, 11) is -3.49. The molecular formula is C13H18N2O3S. The Kier molecular flexibility index (Phi) is 2.94. The number of phenols is 1. The molecule has 0 aliphatic heterocycles. The van der Waals surface area contributed by atoms with E-state index in [9.17, 15) is 13.5 Å². The zero-order valence-electron chi connectivity index (χ0n) is 10.6. The van der Waals surface area contributed by atoms with Gasteiger partial charge in [0.15, 0.2) is 0 Å². The summed E-state index contributed by atoms with van der Waals surface area (Å²) in [5.74, 6) is 0.434. The fourth-order valence-corrected chi connectivity index (χ4v) is 3.99. The van der Waals surface area contributed by atoms with Crippen molar-refractivity contribution in [1.82, 2.24) is 4.31 Å². The molecule has 0 aromatic heterocycles. The quantitative estimate of drug-likeness (QED) is 0.634. The van der Waals surface area contributed by atoms with Crippen molar-refractivity contribution in [3.8, 4) is 5.75 Å². The lowest BCUT2D eigenvalue weighted by Gasteiger charge is -2.22. The van der Waals surface area contributed by atoms with Gasteiger partial charge in [0, 0.05) is 12.6 Å². The second kappa shape index (κ2) is 4.38. The van der Waals surface area contributed by atoms with Crippen LogP contribution in [0.15, 0.2) is 23.1 Å². The van der Waals surface area contributed by atoms with Crippen molar-refractivity contribution < 1.29 is 13.5 Å². The number of phenolic OH excluding ortho intramolecular Hbond substituents is 1. The van der Waals surface area contributed by atoms with Gasteiger partial charge in [-0.15, -0.1) is 0 Å². The lowest BCUT2D eigenvalue weighted by Crippen LogP contribution is -2.34. The van der Waals surface area contributed by atoms with Gasteiger partial charge in [0.2, 0.25) is 10.0 Å². The van der Waals surface area contributed by atoms with Crippen molar-refractivity contribution in [2.75, 3.05) is 12.3 Å². The van der Waals surface area contributed by atoms with Crippen LogP contribution in [0.4, 0.5) is 5.69 Å². The maximum atomic E-state index is 12.6. The molecule has 2 fully saturated rings. The fraction of sp³-hybridized carbons (Fsp3) is 0.538. The predicted molar refractivity (Wildman–Crippen MR) is 72.2 cm³/mol. The molecular weight excluding hydrogens is 264 g/mol. The van der Waals surface area contributed by atoms with Crippen LogP contribution in [0.1, 0.15) is 25.7 Å². The number of hydrogen-bond donors (Lipinski definition) is 2. The summed E-state index contributed by atoms with van der Waals surface area (Å²) >= 11 is 0. The lowest BCUT2D eigenvalue weighted by atomic mass is 10.3. The first-order valence-corrected chi connectivity index (χ1v) is 8.03. The van der Waals surface area contributed by atoms with Crippen LogP contribution in [0.2, 0.25) is 0 Å². The number of hydrogen-bond acceptors (Lipinski definition) is 4. The summed E-state index contributed by atoms with van der Waals surface area (Å²) in [6.07, 6.45) is 4.13. The standard InChI is InChI=1S/C13H18N2O3S/c14-12-7-11(5-6-13(12)16)19(17,18)15(10-3-4-10)8-9-1-2-9/h5-7,9-10,16H,1-4,8,14H2. The van der Waals surface area contributed by atoms with Gasteiger partial charge in [0.25, 0.3) is 0 Å². The Hall–Kier alpha value is -1.27. The van der Waals surface area contributed by atoms with Gasteiger partial charge in [0.05, 0.1) is 10.6 Å². The Bertz CT molecular complexity index is 592. The minimum atomic E-state index is -3.49. The Morgan fingerprint density at radius 2 is 1.95 bits per heavy atom. The first-order valence-electron chi connectivity index (χ1n) is 6.59. The molecule has 0 spiro atoms. The number of anilines is 1. The van der Waals surface area contributed by atoms with E-state index in [1.54, 1.807) is 4.31 Å². The second-order valence-electron chi connectivity index (χ2n) is 5.47. The number of benzene rings is 1. The van der Waals surface area contributed by atoms with E-state index >= 15 is 0 Å². The van der Waals surface area contributed by atoms with E-state index < -0.39 is 10.0 Å². The molecule has 3 rings (SSSR count). The Morgan fingerprint density at radius 1 is 1.26 bits per heavy atom. The number of rotatable bonds is 5. The van der Waals surface area contributed by atoms with Crippen LogP contribution in [0.25, 0.3) is 0 Å². The first-order chi connectivity index (χ1) is 8.98. The SMILES string of the molecule is Nc1cc(S(=O)(=O)N(CC2CC2)C2CC2)ccc1O. The van der Waals surface area contributed by atoms with Gasteiger partial charge in [-0.1, -0.05) is 0 Å². The van der Waals surface area contributed by atoms with E-state index in [4.69, 9.17) is 5.73 Å². The topological polar surface area (TPSA) is 83.6 Å². The molecule has 0 atom stereocenters. The fourth-order valence-electron chi connectivity index (χ4n) is 2.19. The molecule has 0 heterocycles. The molecule has 3 N–H and O–H groups in total. The van der Waals surface area contributed by atoms with Crippen LogP contribution in [-0.2, 0) is 10.0 Å². The molecule has 1 aromatic rings. The monoisotopic (exact) mass is 282 g/mol. The molecule has 0 saturated heterocycles. The third-order valence-corrected chi connectivity index (χ3v) is 5.61. The summed E-state index contributed by atoms with van der Waals surface area (Å²) in [5, 5.41) is 9.39. The van der Waals surface area contributed by atoms with Crippen molar-refractivity contribution in [2.45, 2.75) is 36.6 Å². The van der Waals surface area contributed by atoms with Crippen LogP contribution < -0.4 is 5.73 Å². The second-order valence-corrected chi connectivity index (χ2v) is 7.36. The Balaban J connectivity index is 1.92. The van der Waals surface area contributed by atoms with Crippen molar-refractivity contribution in [2.24, 2.45) is 5.92 Å². The molecule has 2 aliphatic rings. The van der Waals surface area contributed by atoms with Crippen LogP contribution >= 0.6 is 0 Å². The summed E-state index contributed by atoms with van der Waals surface area (Å²) in [6, 6.07) is 4.25. The smallest absolute Gasteiger partial charge is 0.243 e. The summed E-state index contributed by atoms with van der Waals surface area (Å²) < 4.78 is 26.9. The van der Waals surface area contributed by atoms with E-state index in [0.717, 1.165) is 25.7 Å². The van der Waals surface area contributed by atoms with Crippen LogP contribution in [0.3, 0.4) is 0 Å². The van der Waals surface area contributed by atoms with E-state index in [-0.39, 0.29) is 22.4 Å². The molecule has 0 bridgehead atoms. The van der Waals surface area contributed by atoms with Gasteiger partial charge in [-0.05, 0) is 49.8 Å². The van der Waals surface area contributed by atoms with Gasteiger partial charge in [-0.25, -0.2) is 8.42 Å². The third kappa shape index (κ3) is 2.55. The molecule has 2 saturated carbocycles. The lowest BCUT2D eigenvalue weighted by molar-refractivity contribution is 0.388. The van der Waals surface area contributed by atoms with E-state index in [1.165, 1.54) is 18.2 Å². The van der Waals surface area contributed by atoms with E-state index in [2.05, 4.69) is 0 Å². The van der Waals surface area contributed by atoms with Gasteiger partial charge >= 0.3 is 0 Å². The molecule has 1 aromatic carbocycles. The Labute approximate surface area is 113 Å². The summed E-state index contributed by atoms with van der Waals surface area (Å²) in [4.78, 5) is 0.176. The number of nitrogens with two attached hydrogens (primary N) is 1. The van der Waals surface area contributed by atoms with Crippen molar-refractivity contribution in [3.63, 3.8) is 0 Å². The summed E-state index contributed by atoms with van der Waals surface area (Å²) in [6.45, 7) is 0.619. The Morgan fingerprint density at radius 3 is 2.47 bits per heavy atom. The molecule has 5 nitrogen and oxygen atoms in total. The van der Waals surface area contributed by atoms with Crippen molar-refractivity contribution >= 4 is 15.7 Å². The number of sulfonamides is 1. The largest absolute Gasteiger partial charge is 0.506 e. The molecule has 2 aliphatic carbocycles.